The van der Waals surface area contributed by atoms with Crippen LogP contribution in [0.1, 0.15) is 24.6 Å². The lowest BCUT2D eigenvalue weighted by Crippen LogP contribution is -2.34. The standard InChI is InChI=1S/C22H28Cl2N3O7P/c1-15-13-27(22(29)25-21(15)28)20-8-7-19(33-20)14-32-35(30,26-16(9-11-23)10-12-24)34-18-5-3-17(31-2)4-6-18/h3-8,13,16,19-20H,9-12,14H2,1-2H3,(H,26,30)(H,25,28,29)/t19-,20+,35?/m0/s1. The summed E-state index contributed by atoms with van der Waals surface area (Å²) in [5.74, 6) is 1.60. The number of halogens is 2. The van der Waals surface area contributed by atoms with Gasteiger partial charge >= 0.3 is 13.4 Å². The number of hydrogen-bond acceptors (Lipinski definition) is 7. The molecule has 1 aromatic heterocycles. The van der Waals surface area contributed by atoms with Crippen LogP contribution >= 0.6 is 30.9 Å². The van der Waals surface area contributed by atoms with Crippen molar-refractivity contribution < 1.29 is 23.1 Å². The van der Waals surface area contributed by atoms with Crippen LogP contribution in [0.25, 0.3) is 0 Å². The van der Waals surface area contributed by atoms with Gasteiger partial charge in [0.1, 0.15) is 17.6 Å². The Hall–Kier alpha value is -2.07. The molecule has 0 saturated heterocycles. The van der Waals surface area contributed by atoms with Gasteiger partial charge < -0.3 is 14.0 Å². The molecule has 192 valence electrons. The smallest absolute Gasteiger partial charge is 0.459 e. The lowest BCUT2D eigenvalue weighted by atomic mass is 10.2. The van der Waals surface area contributed by atoms with Gasteiger partial charge in [0.05, 0.1) is 13.7 Å². The molecule has 0 radical (unpaired) electrons. The normalized spacial score (nSPS) is 19.1. The van der Waals surface area contributed by atoms with Crippen molar-refractivity contribution in [3.05, 3.63) is 69.0 Å². The van der Waals surface area contributed by atoms with Crippen LogP contribution in [-0.2, 0) is 13.8 Å². The summed E-state index contributed by atoms with van der Waals surface area (Å²) in [6, 6.07) is 6.27. The molecule has 3 rings (SSSR count). The van der Waals surface area contributed by atoms with Gasteiger partial charge in [0.15, 0.2) is 6.23 Å². The summed E-state index contributed by atoms with van der Waals surface area (Å²) in [5.41, 5.74) is -0.691. The van der Waals surface area contributed by atoms with Gasteiger partial charge in [-0.15, -0.1) is 23.2 Å². The van der Waals surface area contributed by atoms with Gasteiger partial charge in [-0.25, -0.2) is 14.4 Å². The molecule has 1 unspecified atom stereocenters. The van der Waals surface area contributed by atoms with Crippen molar-refractivity contribution in [2.75, 3.05) is 25.5 Å². The molecule has 10 nitrogen and oxygen atoms in total. The molecule has 0 aliphatic carbocycles. The topological polar surface area (TPSA) is 121 Å². The van der Waals surface area contributed by atoms with Crippen molar-refractivity contribution in [2.45, 2.75) is 38.1 Å². The zero-order valence-corrected chi connectivity index (χ0v) is 21.7. The van der Waals surface area contributed by atoms with E-state index in [4.69, 9.17) is 41.7 Å². The minimum absolute atomic E-state index is 0.126. The number of nitrogens with zero attached hydrogens (tertiary/aromatic N) is 1. The molecule has 13 heteroatoms. The van der Waals surface area contributed by atoms with Gasteiger partial charge in [-0.2, -0.15) is 0 Å². The van der Waals surface area contributed by atoms with Crippen LogP contribution in [0.5, 0.6) is 11.5 Å². The molecule has 0 amide bonds. The Kier molecular flexibility index (Phi) is 10.0. The average molecular weight is 548 g/mol. The Bertz CT molecular complexity index is 1160. The first-order valence-corrected chi connectivity index (χ1v) is 13.5. The SMILES string of the molecule is COc1ccc(OP(=O)(NC(CCCl)CCCl)OC[C@@H]2C=C[C@H](n3cc(C)c(=O)[nH]c3=O)O2)cc1. The van der Waals surface area contributed by atoms with Gasteiger partial charge in [-0.05, 0) is 50.1 Å². The molecule has 2 aromatic rings. The minimum atomic E-state index is -3.89. The summed E-state index contributed by atoms with van der Waals surface area (Å²) >= 11 is 11.8. The first kappa shape index (κ1) is 27.5. The van der Waals surface area contributed by atoms with Crippen molar-refractivity contribution in [3.8, 4) is 11.5 Å². The van der Waals surface area contributed by atoms with Gasteiger partial charge in [0, 0.05) is 29.6 Å². The number of benzene rings is 1. The third kappa shape index (κ3) is 7.70. The first-order chi connectivity index (χ1) is 16.8. The molecule has 0 saturated carbocycles. The van der Waals surface area contributed by atoms with E-state index in [0.717, 1.165) is 0 Å². The van der Waals surface area contributed by atoms with Crippen molar-refractivity contribution in [3.63, 3.8) is 0 Å². The van der Waals surface area contributed by atoms with Crippen LogP contribution in [0.2, 0.25) is 0 Å². The summed E-state index contributed by atoms with van der Waals surface area (Å²) in [4.78, 5) is 26.0. The van der Waals surface area contributed by atoms with E-state index in [2.05, 4.69) is 10.1 Å². The van der Waals surface area contributed by atoms with Crippen molar-refractivity contribution >= 4 is 30.9 Å². The summed E-state index contributed by atoms with van der Waals surface area (Å²) in [5, 5.41) is 2.94. The van der Waals surface area contributed by atoms with Crippen molar-refractivity contribution in [1.29, 1.82) is 0 Å². The molecule has 1 aliphatic rings. The van der Waals surface area contributed by atoms with Gasteiger partial charge in [-0.3, -0.25) is 18.9 Å². The number of alkyl halides is 2. The van der Waals surface area contributed by atoms with Crippen LogP contribution in [0.3, 0.4) is 0 Å². The second-order valence-electron chi connectivity index (χ2n) is 7.77. The highest BCUT2D eigenvalue weighted by Gasteiger charge is 2.32. The number of aromatic amines is 1. The van der Waals surface area contributed by atoms with Crippen LogP contribution < -0.4 is 25.6 Å². The van der Waals surface area contributed by atoms with E-state index in [1.807, 2.05) is 0 Å². The largest absolute Gasteiger partial charge is 0.497 e. The molecule has 2 heterocycles. The lowest BCUT2D eigenvalue weighted by Gasteiger charge is -2.26. The number of aromatic nitrogens is 2. The fourth-order valence-corrected chi connectivity index (χ4v) is 5.47. The molecular formula is C22H28Cl2N3O7P. The zero-order chi connectivity index (χ0) is 25.4. The molecule has 1 aromatic carbocycles. The molecule has 2 N–H and O–H groups in total. The van der Waals surface area contributed by atoms with E-state index in [-0.39, 0.29) is 12.6 Å². The molecule has 0 bridgehead atoms. The summed E-state index contributed by atoms with van der Waals surface area (Å²) in [7, 11) is -2.35. The maximum Gasteiger partial charge on any atom is 0.459 e. The van der Waals surface area contributed by atoms with Gasteiger partial charge in [0.25, 0.3) is 5.56 Å². The maximum atomic E-state index is 13.7. The highest BCUT2D eigenvalue weighted by atomic mass is 35.5. The third-order valence-electron chi connectivity index (χ3n) is 5.17. The van der Waals surface area contributed by atoms with E-state index >= 15 is 0 Å². The zero-order valence-electron chi connectivity index (χ0n) is 19.3. The number of ether oxygens (including phenoxy) is 2. The number of H-pyrrole nitrogens is 1. The van der Waals surface area contributed by atoms with Crippen molar-refractivity contribution in [1.82, 2.24) is 14.6 Å². The summed E-state index contributed by atoms with van der Waals surface area (Å²) in [6.45, 7) is 1.46. The van der Waals surface area contributed by atoms with E-state index in [1.165, 1.54) is 10.8 Å². The molecule has 0 fully saturated rings. The van der Waals surface area contributed by atoms with Crippen LogP contribution in [0, 0.1) is 6.92 Å². The molecule has 0 spiro atoms. The molecule has 35 heavy (non-hydrogen) atoms. The molecular weight excluding hydrogens is 520 g/mol. The fraction of sp³-hybridized carbons (Fsp3) is 0.455. The Morgan fingerprint density at radius 1 is 1.14 bits per heavy atom. The predicted molar refractivity (Wildman–Crippen MR) is 134 cm³/mol. The van der Waals surface area contributed by atoms with Gasteiger partial charge in [-0.1, -0.05) is 6.08 Å². The number of hydrogen-bond donors (Lipinski definition) is 2. The van der Waals surface area contributed by atoms with Crippen LogP contribution in [-0.4, -0.2) is 47.2 Å². The van der Waals surface area contributed by atoms with Gasteiger partial charge in [0.2, 0.25) is 0 Å². The predicted octanol–water partition coefficient (Wildman–Crippen LogP) is 3.73. The molecule has 1 aliphatic heterocycles. The Morgan fingerprint density at radius 2 is 1.80 bits per heavy atom. The molecule has 3 atom stereocenters. The summed E-state index contributed by atoms with van der Waals surface area (Å²) in [6.07, 6.45) is 4.40. The van der Waals surface area contributed by atoms with E-state index in [9.17, 15) is 14.2 Å². The Labute approximate surface area is 212 Å². The maximum absolute atomic E-state index is 13.7. The van der Waals surface area contributed by atoms with Crippen molar-refractivity contribution in [2.24, 2.45) is 0 Å². The fourth-order valence-electron chi connectivity index (χ4n) is 3.31. The number of aryl methyl sites for hydroxylation is 1. The average Bonchev–Trinajstić information content (AvgIpc) is 3.30. The summed E-state index contributed by atoms with van der Waals surface area (Å²) < 4.78 is 37.4. The van der Waals surface area contributed by atoms with E-state index in [1.54, 1.807) is 50.5 Å². The number of methoxy groups -OCH3 is 1. The Balaban J connectivity index is 1.71. The second-order valence-corrected chi connectivity index (χ2v) is 10.2. The Morgan fingerprint density at radius 3 is 2.43 bits per heavy atom. The van der Waals surface area contributed by atoms with E-state index in [0.29, 0.717) is 41.7 Å². The lowest BCUT2D eigenvalue weighted by molar-refractivity contribution is -0.00748. The monoisotopic (exact) mass is 547 g/mol. The van der Waals surface area contributed by atoms with E-state index < -0.39 is 31.3 Å². The third-order valence-corrected chi connectivity index (χ3v) is 7.23. The quantitative estimate of drug-likeness (QED) is 0.221. The first-order valence-electron chi connectivity index (χ1n) is 10.9. The number of nitrogens with one attached hydrogen (secondary N) is 2. The van der Waals surface area contributed by atoms with Crippen LogP contribution in [0.4, 0.5) is 0 Å². The second kappa shape index (κ2) is 12.8. The number of rotatable bonds is 13. The minimum Gasteiger partial charge on any atom is -0.497 e. The highest BCUT2D eigenvalue weighted by Crippen LogP contribution is 2.46. The highest BCUT2D eigenvalue weighted by molar-refractivity contribution is 7.52. The van der Waals surface area contributed by atoms with Crippen LogP contribution in [0.15, 0.2) is 52.2 Å².